The van der Waals surface area contributed by atoms with Crippen LogP contribution in [0.2, 0.25) is 0 Å². The summed E-state index contributed by atoms with van der Waals surface area (Å²) in [6.07, 6.45) is 3.03. The molecule has 1 atom stereocenters. The molecule has 0 aromatic rings. The third-order valence-corrected chi connectivity index (χ3v) is 1.36. The third-order valence-electron chi connectivity index (χ3n) is 1.36. The monoisotopic (exact) mass is 159 g/mol. The van der Waals surface area contributed by atoms with E-state index >= 15 is 0 Å². The van der Waals surface area contributed by atoms with E-state index in [-0.39, 0.29) is 6.04 Å². The second-order valence-corrected chi connectivity index (χ2v) is 2.69. The summed E-state index contributed by atoms with van der Waals surface area (Å²) in [5, 5.41) is 11.2. The van der Waals surface area contributed by atoms with Gasteiger partial charge in [0.05, 0.1) is 0 Å². The Morgan fingerprint density at radius 2 is 2.18 bits per heavy atom. The van der Waals surface area contributed by atoms with Crippen molar-refractivity contribution in [2.45, 2.75) is 39.2 Å². The second kappa shape index (κ2) is 6.16. The van der Waals surface area contributed by atoms with Crippen molar-refractivity contribution >= 4 is 5.97 Å². The number of rotatable bonds is 1. The van der Waals surface area contributed by atoms with Gasteiger partial charge in [-0.25, -0.2) is 0 Å². The zero-order chi connectivity index (χ0) is 8.69. The highest BCUT2D eigenvalue weighted by atomic mass is 16.4. The molecule has 0 aromatic heterocycles. The summed E-state index contributed by atoms with van der Waals surface area (Å²) in [5.41, 5.74) is 0. The summed E-state index contributed by atoms with van der Waals surface area (Å²) >= 11 is 0. The molecule has 66 valence electrons. The van der Waals surface area contributed by atoms with E-state index in [0.717, 1.165) is 19.4 Å². The van der Waals surface area contributed by atoms with Gasteiger partial charge in [0.25, 0.3) is 0 Å². The van der Waals surface area contributed by atoms with Crippen molar-refractivity contribution in [2.75, 3.05) is 6.54 Å². The highest BCUT2D eigenvalue weighted by Crippen LogP contribution is 2.03. The Labute approximate surface area is 67.8 Å². The second-order valence-electron chi connectivity index (χ2n) is 2.69. The number of aliphatic carboxylic acids is 1. The fourth-order valence-electron chi connectivity index (χ4n) is 0.895. The average molecular weight is 159 g/mol. The largest absolute Gasteiger partial charge is 0.480 e. The van der Waals surface area contributed by atoms with Crippen LogP contribution in [0.1, 0.15) is 33.1 Å². The molecule has 1 unspecified atom stereocenters. The van der Waals surface area contributed by atoms with Gasteiger partial charge in [0, 0.05) is 0 Å². The molecule has 0 aliphatic carbocycles. The summed E-state index contributed by atoms with van der Waals surface area (Å²) in [6.45, 7) is 5.11. The quantitative estimate of drug-likeness (QED) is 0.605. The molecule has 1 heterocycles. The fraction of sp³-hybridized carbons (Fsp3) is 0.875. The van der Waals surface area contributed by atoms with Crippen molar-refractivity contribution in [3.05, 3.63) is 0 Å². The van der Waals surface area contributed by atoms with Gasteiger partial charge in [0.2, 0.25) is 0 Å². The van der Waals surface area contributed by atoms with Crippen LogP contribution < -0.4 is 5.32 Å². The first-order valence-electron chi connectivity index (χ1n) is 4.18. The topological polar surface area (TPSA) is 49.3 Å². The molecule has 0 radical (unpaired) electrons. The van der Waals surface area contributed by atoms with Gasteiger partial charge < -0.3 is 10.4 Å². The number of carboxylic acid groups (broad SMARTS) is 1. The number of hydrogen-bond donors (Lipinski definition) is 2. The minimum Gasteiger partial charge on any atom is -0.480 e. The Kier molecular flexibility index (Phi) is 5.84. The summed E-state index contributed by atoms with van der Waals surface area (Å²) in [6, 6.07) is -0.269. The molecular formula is C8H17NO2. The van der Waals surface area contributed by atoms with E-state index in [9.17, 15) is 4.79 Å². The molecule has 0 spiro atoms. The van der Waals surface area contributed by atoms with E-state index in [0.29, 0.717) is 0 Å². The number of carboxylic acids is 1. The van der Waals surface area contributed by atoms with Gasteiger partial charge in [0.15, 0.2) is 0 Å². The van der Waals surface area contributed by atoms with Crippen LogP contribution in [0.15, 0.2) is 0 Å². The summed E-state index contributed by atoms with van der Waals surface area (Å²) in [7, 11) is 0. The maximum atomic E-state index is 10.1. The van der Waals surface area contributed by atoms with Gasteiger partial charge in [-0.15, -0.1) is 0 Å². The minimum atomic E-state index is -0.720. The van der Waals surface area contributed by atoms with Crippen molar-refractivity contribution in [3.63, 3.8) is 0 Å². The maximum absolute atomic E-state index is 10.1. The molecule has 0 bridgehead atoms. The summed E-state index contributed by atoms with van der Waals surface area (Å²) < 4.78 is 0. The molecule has 1 rings (SSSR count). The Morgan fingerprint density at radius 3 is 2.36 bits per heavy atom. The van der Waals surface area contributed by atoms with Crippen LogP contribution in [0.5, 0.6) is 0 Å². The Hall–Kier alpha value is -0.570. The van der Waals surface area contributed by atoms with Gasteiger partial charge >= 0.3 is 5.97 Å². The number of carbonyl (C=O) groups is 1. The fourth-order valence-corrected chi connectivity index (χ4v) is 0.895. The highest BCUT2D eigenvalue weighted by molar-refractivity contribution is 5.73. The molecule has 0 aromatic carbocycles. The molecule has 2 N–H and O–H groups in total. The van der Waals surface area contributed by atoms with E-state index in [2.05, 4.69) is 19.2 Å². The van der Waals surface area contributed by atoms with Crippen LogP contribution in [0.3, 0.4) is 0 Å². The molecule has 0 saturated carbocycles. The van der Waals surface area contributed by atoms with Crippen LogP contribution in [0, 0.1) is 0 Å². The third kappa shape index (κ3) is 4.79. The van der Waals surface area contributed by atoms with Crippen LogP contribution in [0.25, 0.3) is 0 Å². The van der Waals surface area contributed by atoms with Crippen LogP contribution >= 0.6 is 0 Å². The molecule has 1 aliphatic heterocycles. The van der Waals surface area contributed by atoms with Crippen molar-refractivity contribution in [1.29, 1.82) is 0 Å². The van der Waals surface area contributed by atoms with Crippen molar-refractivity contribution in [1.82, 2.24) is 5.32 Å². The molecule has 0 amide bonds. The number of hydrogen-bond acceptors (Lipinski definition) is 2. The normalized spacial score (nSPS) is 22.2. The van der Waals surface area contributed by atoms with E-state index in [1.54, 1.807) is 0 Å². The van der Waals surface area contributed by atoms with E-state index in [1.807, 2.05) is 0 Å². The molecule has 1 saturated heterocycles. The first-order chi connectivity index (χ1) is 5.22. The molecule has 3 nitrogen and oxygen atoms in total. The lowest BCUT2D eigenvalue weighted by molar-refractivity contribution is -0.139. The van der Waals surface area contributed by atoms with Crippen molar-refractivity contribution in [2.24, 2.45) is 0 Å². The SMILES string of the molecule is CCC.O=C(O)C1CCCN1. The molecule has 3 heteroatoms. The van der Waals surface area contributed by atoms with Gasteiger partial charge in [-0.2, -0.15) is 0 Å². The Balaban J connectivity index is 0.000000292. The lowest BCUT2D eigenvalue weighted by Gasteiger charge is -1.99. The predicted molar refractivity (Wildman–Crippen MR) is 44.6 cm³/mol. The minimum absolute atomic E-state index is 0.269. The van der Waals surface area contributed by atoms with Gasteiger partial charge in [0.1, 0.15) is 6.04 Å². The maximum Gasteiger partial charge on any atom is 0.320 e. The van der Waals surface area contributed by atoms with Crippen LogP contribution in [0.4, 0.5) is 0 Å². The van der Waals surface area contributed by atoms with Crippen molar-refractivity contribution < 1.29 is 9.90 Å². The average Bonchev–Trinajstić information content (AvgIpc) is 2.38. The Morgan fingerprint density at radius 1 is 1.64 bits per heavy atom. The Bertz CT molecular complexity index is 109. The van der Waals surface area contributed by atoms with E-state index in [1.165, 1.54) is 6.42 Å². The highest BCUT2D eigenvalue weighted by Gasteiger charge is 2.20. The van der Waals surface area contributed by atoms with Gasteiger partial charge in [-0.05, 0) is 19.4 Å². The lowest BCUT2D eigenvalue weighted by Crippen LogP contribution is -2.29. The van der Waals surface area contributed by atoms with E-state index in [4.69, 9.17) is 5.11 Å². The predicted octanol–water partition coefficient (Wildman–Crippen LogP) is 1.24. The van der Waals surface area contributed by atoms with Gasteiger partial charge in [-0.3, -0.25) is 4.79 Å². The van der Waals surface area contributed by atoms with Crippen molar-refractivity contribution in [3.8, 4) is 0 Å². The lowest BCUT2D eigenvalue weighted by atomic mass is 10.2. The van der Waals surface area contributed by atoms with Crippen LogP contribution in [-0.4, -0.2) is 23.7 Å². The zero-order valence-electron chi connectivity index (χ0n) is 7.26. The smallest absolute Gasteiger partial charge is 0.320 e. The first kappa shape index (κ1) is 10.4. The van der Waals surface area contributed by atoms with Crippen LogP contribution in [-0.2, 0) is 4.79 Å². The first-order valence-corrected chi connectivity index (χ1v) is 4.18. The standard InChI is InChI=1S/C5H9NO2.C3H8/c7-5(8)4-2-1-3-6-4;1-3-2/h4,6H,1-3H2,(H,7,8);3H2,1-2H3. The molecule has 1 fully saturated rings. The van der Waals surface area contributed by atoms with Gasteiger partial charge in [-0.1, -0.05) is 20.3 Å². The molecule has 11 heavy (non-hydrogen) atoms. The van der Waals surface area contributed by atoms with E-state index < -0.39 is 5.97 Å². The molecule has 1 aliphatic rings. The summed E-state index contributed by atoms with van der Waals surface area (Å²) in [4.78, 5) is 10.1. The summed E-state index contributed by atoms with van der Waals surface area (Å²) in [5.74, 6) is -0.720. The zero-order valence-corrected chi connectivity index (χ0v) is 7.26. The molecular weight excluding hydrogens is 142 g/mol. The number of nitrogens with one attached hydrogen (secondary N) is 1.